The second-order valence-corrected chi connectivity index (χ2v) is 9.85. The molecule has 4 aromatic rings. The van der Waals surface area contributed by atoms with E-state index in [0.29, 0.717) is 11.4 Å². The van der Waals surface area contributed by atoms with E-state index in [-0.39, 0.29) is 6.42 Å². The minimum absolute atomic E-state index is 0.340. The summed E-state index contributed by atoms with van der Waals surface area (Å²) >= 11 is 0. The number of nitrogen functional groups attached to an aromatic ring is 4. The number of hydrazine groups is 2. The molecule has 0 spiro atoms. The quantitative estimate of drug-likeness (QED) is 0.0395. The molecule has 14 N–H and O–H groups in total. The minimum Gasteiger partial charge on any atom is -0.399 e. The molecular formula is C31H40N12O2. The Morgan fingerprint density at radius 3 is 1.04 bits per heavy atom. The summed E-state index contributed by atoms with van der Waals surface area (Å²) in [4.78, 5) is 25.2. The fraction of sp³-hybridized carbons (Fsp3) is 0.161. The van der Waals surface area contributed by atoms with Crippen LogP contribution >= 0.6 is 0 Å². The average Bonchev–Trinajstić information content (AvgIpc) is 3.06. The normalized spacial score (nSPS) is 12.3. The van der Waals surface area contributed by atoms with Crippen LogP contribution in [0.2, 0.25) is 0 Å². The number of anilines is 6. The summed E-state index contributed by atoms with van der Waals surface area (Å²) in [5.41, 5.74) is 33.2. The molecule has 4 aromatic carbocycles. The van der Waals surface area contributed by atoms with Crippen LogP contribution in [0.1, 0.15) is 6.42 Å². The van der Waals surface area contributed by atoms with Crippen LogP contribution in [0.15, 0.2) is 107 Å². The maximum Gasteiger partial charge on any atom is 0.243 e. The highest BCUT2D eigenvalue weighted by Gasteiger charge is 2.17. The highest BCUT2D eigenvalue weighted by Crippen LogP contribution is 2.22. The highest BCUT2D eigenvalue weighted by molar-refractivity contribution is 5.96. The highest BCUT2D eigenvalue weighted by atomic mass is 16.2. The summed E-state index contributed by atoms with van der Waals surface area (Å²) in [6, 6.07) is 30.6. The minimum atomic E-state index is -0.571. The lowest BCUT2D eigenvalue weighted by molar-refractivity contribution is -0.129. The van der Waals surface area contributed by atoms with E-state index < -0.39 is 11.8 Å². The first-order chi connectivity index (χ1) is 21.7. The van der Waals surface area contributed by atoms with Crippen LogP contribution in [-0.4, -0.2) is 38.0 Å². The van der Waals surface area contributed by atoms with Crippen molar-refractivity contribution in [2.24, 2.45) is 21.9 Å². The van der Waals surface area contributed by atoms with E-state index in [1.165, 1.54) is 11.4 Å². The number of piperazine rings is 1. The van der Waals surface area contributed by atoms with Crippen molar-refractivity contribution in [1.82, 2.24) is 10.9 Å². The maximum atomic E-state index is 10.2. The molecule has 0 aliphatic carbocycles. The predicted molar refractivity (Wildman–Crippen MR) is 181 cm³/mol. The first kappa shape index (κ1) is 33.6. The summed E-state index contributed by atoms with van der Waals surface area (Å²) < 4.78 is 0. The molecule has 14 nitrogen and oxygen atoms in total. The largest absolute Gasteiger partial charge is 0.399 e. The summed E-state index contributed by atoms with van der Waals surface area (Å²) in [5.74, 6) is 8.17. The zero-order valence-corrected chi connectivity index (χ0v) is 24.8. The second kappa shape index (κ2) is 17.3. The van der Waals surface area contributed by atoms with Gasteiger partial charge < -0.3 is 32.7 Å². The Labute approximate surface area is 262 Å². The van der Waals surface area contributed by atoms with Crippen LogP contribution in [0.4, 0.5) is 45.5 Å². The molecule has 0 saturated carbocycles. The molecule has 1 heterocycles. The lowest BCUT2D eigenvalue weighted by Gasteiger charge is -2.37. The van der Waals surface area contributed by atoms with Crippen molar-refractivity contribution in [1.29, 1.82) is 0 Å². The SMILES string of the molecule is NNC(=O)CC(=O)NN.Nc1ccc(N2CCN(c3ccc(N)cc3)CC2)cc1.Nc1ccc(N=Nc2ccc(N)cc2)cc1. The molecule has 0 aromatic heterocycles. The number of benzene rings is 4. The number of hydrogen-bond acceptors (Lipinski definition) is 12. The Morgan fingerprint density at radius 1 is 0.511 bits per heavy atom. The second-order valence-electron chi connectivity index (χ2n) is 9.85. The van der Waals surface area contributed by atoms with Crippen molar-refractivity contribution in [2.45, 2.75) is 6.42 Å². The van der Waals surface area contributed by atoms with Crippen LogP contribution in [0.5, 0.6) is 0 Å². The van der Waals surface area contributed by atoms with Gasteiger partial charge in [0.15, 0.2) is 0 Å². The van der Waals surface area contributed by atoms with E-state index in [1.807, 2.05) is 48.5 Å². The number of amides is 2. The van der Waals surface area contributed by atoms with Gasteiger partial charge in [-0.15, -0.1) is 0 Å². The molecule has 0 bridgehead atoms. The van der Waals surface area contributed by atoms with Crippen LogP contribution in [0.3, 0.4) is 0 Å². The van der Waals surface area contributed by atoms with Crippen LogP contribution in [-0.2, 0) is 9.59 Å². The molecule has 236 valence electrons. The van der Waals surface area contributed by atoms with Gasteiger partial charge in [-0.3, -0.25) is 20.4 Å². The van der Waals surface area contributed by atoms with E-state index in [2.05, 4.69) is 56.0 Å². The Bertz CT molecular complexity index is 1390. The molecular weight excluding hydrogens is 572 g/mol. The maximum absolute atomic E-state index is 10.2. The Kier molecular flexibility index (Phi) is 12.9. The van der Waals surface area contributed by atoms with Gasteiger partial charge in [0.2, 0.25) is 11.8 Å². The molecule has 0 unspecified atom stereocenters. The molecule has 1 aliphatic rings. The molecule has 1 saturated heterocycles. The smallest absolute Gasteiger partial charge is 0.243 e. The Balaban J connectivity index is 0.000000198. The summed E-state index contributed by atoms with van der Waals surface area (Å²) in [6.45, 7) is 4.09. The molecule has 14 heteroatoms. The van der Waals surface area contributed by atoms with Gasteiger partial charge in [-0.1, -0.05) is 0 Å². The Hall–Kier alpha value is -5.86. The van der Waals surface area contributed by atoms with Crippen LogP contribution in [0.25, 0.3) is 0 Å². The third-order valence-corrected chi connectivity index (χ3v) is 6.51. The number of carbonyl (C=O) groups is 2. The topological polar surface area (TPSA) is 246 Å². The van der Waals surface area contributed by atoms with Gasteiger partial charge in [-0.05, 0) is 97.1 Å². The number of rotatable bonds is 6. The lowest BCUT2D eigenvalue weighted by Crippen LogP contribution is -2.46. The van der Waals surface area contributed by atoms with Gasteiger partial charge in [0, 0.05) is 60.3 Å². The molecule has 2 amide bonds. The van der Waals surface area contributed by atoms with Crippen molar-refractivity contribution < 1.29 is 9.59 Å². The standard InChI is InChI=1S/C16H20N4.C12H12N4.C3H8N4O2/c17-13-1-5-15(6-2-13)19-9-11-20(12-10-19)16-7-3-14(18)4-8-16;13-9-1-5-11(6-2-9)15-16-12-7-3-10(14)4-8-12;4-6-2(8)1-3(9)7-5/h1-8H,9-12,17-18H2;1-8H,13-14H2;1,4-5H2,(H,6,8)(H,7,9). The van der Waals surface area contributed by atoms with E-state index >= 15 is 0 Å². The van der Waals surface area contributed by atoms with Crippen LogP contribution < -0.4 is 55.3 Å². The van der Waals surface area contributed by atoms with Crippen molar-refractivity contribution in [2.75, 3.05) is 58.9 Å². The number of nitrogens with zero attached hydrogens (tertiary/aromatic N) is 4. The monoisotopic (exact) mass is 612 g/mol. The third kappa shape index (κ3) is 11.7. The van der Waals surface area contributed by atoms with Crippen molar-refractivity contribution in [3.05, 3.63) is 97.1 Å². The zero-order chi connectivity index (χ0) is 32.6. The molecule has 1 aliphatic heterocycles. The number of carbonyl (C=O) groups excluding carboxylic acids is 2. The van der Waals surface area contributed by atoms with E-state index in [9.17, 15) is 9.59 Å². The van der Waals surface area contributed by atoms with Crippen LogP contribution in [0, 0.1) is 0 Å². The van der Waals surface area contributed by atoms with E-state index in [4.69, 9.17) is 22.9 Å². The number of hydrogen-bond donors (Lipinski definition) is 8. The fourth-order valence-electron chi connectivity index (χ4n) is 4.04. The van der Waals surface area contributed by atoms with Gasteiger partial charge in [-0.25, -0.2) is 11.7 Å². The summed E-state index contributed by atoms with van der Waals surface area (Å²) in [5, 5.41) is 8.15. The molecule has 1 fully saturated rings. The number of nitrogens with two attached hydrogens (primary N) is 6. The van der Waals surface area contributed by atoms with Gasteiger partial charge >= 0.3 is 0 Å². The zero-order valence-electron chi connectivity index (χ0n) is 24.8. The van der Waals surface area contributed by atoms with Crippen molar-refractivity contribution >= 4 is 57.3 Å². The van der Waals surface area contributed by atoms with Gasteiger partial charge in [0.05, 0.1) is 11.4 Å². The summed E-state index contributed by atoms with van der Waals surface area (Å²) in [7, 11) is 0. The van der Waals surface area contributed by atoms with Gasteiger partial charge in [0.25, 0.3) is 0 Å². The first-order valence-electron chi connectivity index (χ1n) is 14.0. The molecule has 0 radical (unpaired) electrons. The number of nitrogens with one attached hydrogen (secondary N) is 2. The summed E-state index contributed by atoms with van der Waals surface area (Å²) in [6.07, 6.45) is -0.340. The first-order valence-corrected chi connectivity index (χ1v) is 14.0. The molecule has 45 heavy (non-hydrogen) atoms. The van der Waals surface area contributed by atoms with Crippen molar-refractivity contribution in [3.8, 4) is 0 Å². The lowest BCUT2D eigenvalue weighted by atomic mass is 10.2. The van der Waals surface area contributed by atoms with E-state index in [1.54, 1.807) is 35.1 Å². The fourth-order valence-corrected chi connectivity index (χ4v) is 4.04. The third-order valence-electron chi connectivity index (χ3n) is 6.51. The number of azo groups is 1. The average molecular weight is 613 g/mol. The van der Waals surface area contributed by atoms with Gasteiger partial charge in [0.1, 0.15) is 6.42 Å². The van der Waals surface area contributed by atoms with Gasteiger partial charge in [-0.2, -0.15) is 10.2 Å². The molecule has 5 rings (SSSR count). The van der Waals surface area contributed by atoms with E-state index in [0.717, 1.165) is 48.9 Å². The molecule has 0 atom stereocenters. The predicted octanol–water partition coefficient (Wildman–Crippen LogP) is 2.80. The Morgan fingerprint density at radius 2 is 0.778 bits per heavy atom. The van der Waals surface area contributed by atoms with Crippen molar-refractivity contribution in [3.63, 3.8) is 0 Å².